The molecule has 1 aliphatic rings. The molecule has 1 heterocycles. The molecule has 1 nitrogen and oxygen atoms in total. The molecular weight excluding hydrogens is 242 g/mol. The Morgan fingerprint density at radius 1 is 1.20 bits per heavy atom. The Hall–Kier alpha value is -2.28. The van der Waals surface area contributed by atoms with Crippen LogP contribution in [-0.2, 0) is 0 Å². The summed E-state index contributed by atoms with van der Waals surface area (Å²) in [5.74, 6) is 0. The molecule has 0 aromatic heterocycles. The third-order valence-electron chi connectivity index (χ3n) is 3.44. The fourth-order valence-electron chi connectivity index (χ4n) is 2.56. The van der Waals surface area contributed by atoms with Gasteiger partial charge < -0.3 is 5.32 Å². The zero-order valence-electron chi connectivity index (χ0n) is 12.5. The summed E-state index contributed by atoms with van der Waals surface area (Å²) in [6, 6.07) is 10.4. The first kappa shape index (κ1) is 14.1. The fourth-order valence-corrected chi connectivity index (χ4v) is 2.56. The molecule has 0 fully saturated rings. The molecule has 1 heteroatoms. The van der Waals surface area contributed by atoms with Crippen molar-refractivity contribution in [2.24, 2.45) is 0 Å². The quantitative estimate of drug-likeness (QED) is 0.810. The Bertz CT molecular complexity index is 640. The molecule has 20 heavy (non-hydrogen) atoms. The summed E-state index contributed by atoms with van der Waals surface area (Å²) in [5.41, 5.74) is 7.79. The number of nitrogens with one attached hydrogen (secondary N) is 1. The van der Waals surface area contributed by atoms with Gasteiger partial charge in [0.25, 0.3) is 0 Å². The minimum absolute atomic E-state index is 0.912. The first-order chi connectivity index (χ1) is 9.56. The Balaban J connectivity index is 2.74. The van der Waals surface area contributed by atoms with E-state index in [2.05, 4.69) is 55.7 Å². The van der Waals surface area contributed by atoms with E-state index in [4.69, 9.17) is 0 Å². The van der Waals surface area contributed by atoms with Gasteiger partial charge in [-0.2, -0.15) is 0 Å². The first-order valence-corrected chi connectivity index (χ1v) is 6.82. The van der Waals surface area contributed by atoms with Gasteiger partial charge in [-0.25, -0.2) is 0 Å². The van der Waals surface area contributed by atoms with Gasteiger partial charge in [-0.05, 0) is 49.1 Å². The Labute approximate surface area is 121 Å². The van der Waals surface area contributed by atoms with Crippen molar-refractivity contribution < 1.29 is 0 Å². The number of hydrogen-bond acceptors (Lipinski definition) is 1. The largest absolute Gasteiger partial charge is 0.355 e. The van der Waals surface area contributed by atoms with Crippen LogP contribution in [0, 0.1) is 0 Å². The average Bonchev–Trinajstić information content (AvgIpc) is 2.43. The van der Waals surface area contributed by atoms with Crippen LogP contribution in [0.25, 0.3) is 5.57 Å². The fraction of sp³-hybridized carbons (Fsp3) is 0.158. The minimum Gasteiger partial charge on any atom is -0.355 e. The number of hydrogen-bond donors (Lipinski definition) is 1. The second-order valence-corrected chi connectivity index (χ2v) is 5.04. The van der Waals surface area contributed by atoms with Crippen LogP contribution in [0.1, 0.15) is 26.3 Å². The maximum Gasteiger partial charge on any atom is 0.0417 e. The van der Waals surface area contributed by atoms with E-state index < -0.39 is 0 Å². The van der Waals surface area contributed by atoms with E-state index in [0.717, 1.165) is 22.5 Å². The lowest BCUT2D eigenvalue weighted by atomic mass is 9.86. The van der Waals surface area contributed by atoms with Crippen LogP contribution in [0.2, 0.25) is 0 Å². The molecule has 102 valence electrons. The summed E-state index contributed by atoms with van der Waals surface area (Å²) in [4.78, 5) is 0. The summed E-state index contributed by atoms with van der Waals surface area (Å²) in [6.45, 7) is 14.5. The lowest BCUT2D eigenvalue weighted by Crippen LogP contribution is -2.20. The summed E-state index contributed by atoms with van der Waals surface area (Å²) in [7, 11) is 0. The van der Waals surface area contributed by atoms with E-state index in [-0.39, 0.29) is 0 Å². The molecule has 0 radical (unpaired) electrons. The monoisotopic (exact) mass is 263 g/mol. The maximum atomic E-state index is 4.16. The second-order valence-electron chi connectivity index (χ2n) is 5.04. The van der Waals surface area contributed by atoms with Crippen molar-refractivity contribution in [1.29, 1.82) is 0 Å². The van der Waals surface area contributed by atoms with E-state index in [1.54, 1.807) is 0 Å². The number of benzene rings is 1. The van der Waals surface area contributed by atoms with Crippen molar-refractivity contribution in [2.45, 2.75) is 20.8 Å². The highest BCUT2D eigenvalue weighted by molar-refractivity contribution is 5.88. The molecule has 0 unspecified atom stereocenters. The number of rotatable bonds is 3. The average molecular weight is 263 g/mol. The lowest BCUT2D eigenvalue weighted by Gasteiger charge is -2.27. The van der Waals surface area contributed by atoms with Gasteiger partial charge in [-0.1, -0.05) is 49.6 Å². The predicted octanol–water partition coefficient (Wildman–Crippen LogP) is 4.98. The van der Waals surface area contributed by atoms with E-state index in [9.17, 15) is 0 Å². The molecule has 1 N–H and O–H groups in total. The van der Waals surface area contributed by atoms with Crippen LogP contribution in [0.5, 0.6) is 0 Å². The Morgan fingerprint density at radius 3 is 2.40 bits per heavy atom. The van der Waals surface area contributed by atoms with Gasteiger partial charge in [-0.3, -0.25) is 0 Å². The molecule has 1 aromatic rings. The van der Waals surface area contributed by atoms with Crippen LogP contribution in [0.15, 0.2) is 83.8 Å². The van der Waals surface area contributed by atoms with Crippen molar-refractivity contribution >= 4 is 5.57 Å². The normalized spacial score (nSPS) is 15.8. The van der Waals surface area contributed by atoms with Gasteiger partial charge in [-0.15, -0.1) is 0 Å². The van der Waals surface area contributed by atoms with Crippen molar-refractivity contribution in [3.8, 4) is 0 Å². The highest BCUT2D eigenvalue weighted by Gasteiger charge is 2.21. The molecule has 0 saturated heterocycles. The SMILES string of the molecule is C=C(C)C1=C(c2ccccc2)C(C)=C(/C=C\C)NC1=C. The molecule has 1 aromatic carbocycles. The first-order valence-electron chi connectivity index (χ1n) is 6.82. The minimum atomic E-state index is 0.912. The summed E-state index contributed by atoms with van der Waals surface area (Å²) < 4.78 is 0. The van der Waals surface area contributed by atoms with Crippen molar-refractivity contribution in [1.82, 2.24) is 5.32 Å². The van der Waals surface area contributed by atoms with Crippen LogP contribution >= 0.6 is 0 Å². The second kappa shape index (κ2) is 5.79. The number of allylic oxidation sites excluding steroid dienone is 5. The van der Waals surface area contributed by atoms with Gasteiger partial charge in [0.2, 0.25) is 0 Å². The Morgan fingerprint density at radius 2 is 1.85 bits per heavy atom. The maximum absolute atomic E-state index is 4.16. The third-order valence-corrected chi connectivity index (χ3v) is 3.44. The topological polar surface area (TPSA) is 12.0 Å². The van der Waals surface area contributed by atoms with Gasteiger partial charge >= 0.3 is 0 Å². The molecule has 1 aliphatic heterocycles. The van der Waals surface area contributed by atoms with Crippen LogP contribution < -0.4 is 5.32 Å². The van der Waals surface area contributed by atoms with Gasteiger partial charge in [0.15, 0.2) is 0 Å². The summed E-state index contributed by atoms with van der Waals surface area (Å²) >= 11 is 0. The van der Waals surface area contributed by atoms with Gasteiger partial charge in [0.1, 0.15) is 0 Å². The molecule has 0 saturated carbocycles. The zero-order chi connectivity index (χ0) is 14.7. The molecule has 0 bridgehead atoms. The highest BCUT2D eigenvalue weighted by Crippen LogP contribution is 2.37. The van der Waals surface area contributed by atoms with Crippen molar-refractivity contribution in [3.63, 3.8) is 0 Å². The molecule has 0 aliphatic carbocycles. The number of dihydropyridines is 1. The summed E-state index contributed by atoms with van der Waals surface area (Å²) in [5, 5.41) is 3.38. The Kier molecular flexibility index (Phi) is 4.09. The van der Waals surface area contributed by atoms with E-state index >= 15 is 0 Å². The standard InChI is InChI=1S/C19H21N/c1-6-10-17-14(4)19(16-11-8-7-9-12-16)18(13(2)3)15(5)20-17/h6-12,20H,2,5H2,1,3-4H3/b10-6-. The van der Waals surface area contributed by atoms with E-state index in [1.807, 2.05) is 26.0 Å². The van der Waals surface area contributed by atoms with Crippen LogP contribution in [-0.4, -0.2) is 0 Å². The van der Waals surface area contributed by atoms with E-state index in [0.29, 0.717) is 0 Å². The molecule has 0 amide bonds. The van der Waals surface area contributed by atoms with Crippen LogP contribution in [0.4, 0.5) is 0 Å². The van der Waals surface area contributed by atoms with E-state index in [1.165, 1.54) is 16.7 Å². The van der Waals surface area contributed by atoms with Crippen molar-refractivity contribution in [3.05, 3.63) is 89.3 Å². The lowest BCUT2D eigenvalue weighted by molar-refractivity contribution is 0.984. The third kappa shape index (κ3) is 2.53. The molecule has 0 spiro atoms. The zero-order valence-corrected chi connectivity index (χ0v) is 12.5. The van der Waals surface area contributed by atoms with Crippen molar-refractivity contribution in [2.75, 3.05) is 0 Å². The van der Waals surface area contributed by atoms with Crippen LogP contribution in [0.3, 0.4) is 0 Å². The molecular formula is C19H21N. The smallest absolute Gasteiger partial charge is 0.0417 e. The van der Waals surface area contributed by atoms with Gasteiger partial charge in [0, 0.05) is 17.0 Å². The summed E-state index contributed by atoms with van der Waals surface area (Å²) in [6.07, 6.45) is 4.12. The highest BCUT2D eigenvalue weighted by atomic mass is 14.9. The molecule has 2 rings (SSSR count). The van der Waals surface area contributed by atoms with Gasteiger partial charge in [0.05, 0.1) is 0 Å². The molecule has 0 atom stereocenters. The predicted molar refractivity (Wildman–Crippen MR) is 88.0 cm³/mol.